The molecule has 111 heavy (non-hydrogen) atoms. The molecule has 0 bridgehead atoms. The smallest absolute Gasteiger partial charge is 0.338 e. The molecule has 4 aliphatic heterocycles. The summed E-state index contributed by atoms with van der Waals surface area (Å²) in [5.74, 6) is 2.49. The summed E-state index contributed by atoms with van der Waals surface area (Å²) >= 11 is 0. The van der Waals surface area contributed by atoms with Crippen molar-refractivity contribution in [2.75, 3.05) is 41.7 Å². The number of benzene rings is 7. The molecule has 0 spiro atoms. The number of carbonyl (C=O) groups is 1. The molecule has 11 rings (SSSR count). The Balaban J connectivity index is 0.000000236. The highest BCUT2D eigenvalue weighted by Gasteiger charge is 2.50. The predicted octanol–water partition coefficient (Wildman–Crippen LogP) is 21.9. The van der Waals surface area contributed by atoms with Crippen LogP contribution in [0.15, 0.2) is 224 Å². The minimum Gasteiger partial charge on any atom is -0.497 e. The van der Waals surface area contributed by atoms with Crippen molar-refractivity contribution in [1.82, 2.24) is 0 Å². The third-order valence-electron chi connectivity index (χ3n) is 24.8. The molecule has 0 aliphatic carbocycles. The highest BCUT2D eigenvalue weighted by molar-refractivity contribution is 6.74. The summed E-state index contributed by atoms with van der Waals surface area (Å²) in [4.78, 5) is 12.9. The molecule has 0 aromatic heterocycles. The maximum Gasteiger partial charge on any atom is 0.338 e. The molecule has 4 fully saturated rings. The Morgan fingerprint density at radius 3 is 1.14 bits per heavy atom. The summed E-state index contributed by atoms with van der Waals surface area (Å²) in [5.41, 5.74) is 7.74. The standard InChI is InChI=1S/C49H60O7.C48H70O6Si/c1-7-40(55-48(50)36-19-12-9-13-20-36)32-46-47(52-6)43(8-2)45(56-46)33-44-35(4)34(3)31-42(54-44)25-18-30-53-49(37-21-14-10-15-22-37,38-23-16-11-17-24-38)39-26-28-41(51-5)29-27-39;1-12-39(54-55(10,11)47(5,6)7)32-45-46(50-9)42(13-2)44(53-45)33-43-35(4)34(3)31-41(52-43)25-20-30-51-48(36-21-16-14-17-22-36,37-23-18-15-19-24-37)38-26-28-40(49-8)29-27-38/h9-17,19-24,26-29,34,40,42-47H,4,7-8,18,25,30-33H2,1-3,5-6H3;14-19,21-24,26-29,34,39,41-46H,4,12-13,20,25,30-33H2,1-3,5-11H3/t34-,40-,42+,43+,44?,45+,46-,47-;34-,39-,41+,42+,43?,44+,45-,46-/m11/s1. The van der Waals surface area contributed by atoms with Gasteiger partial charge in [-0.25, -0.2) is 4.79 Å². The van der Waals surface area contributed by atoms with Gasteiger partial charge in [-0.3, -0.25) is 0 Å². The van der Waals surface area contributed by atoms with Crippen LogP contribution in [-0.2, 0) is 58.3 Å². The van der Waals surface area contributed by atoms with Gasteiger partial charge in [-0.1, -0.05) is 239 Å². The summed E-state index contributed by atoms with van der Waals surface area (Å²) in [5, 5.41) is 0.160. The van der Waals surface area contributed by atoms with Crippen molar-refractivity contribution in [3.05, 3.63) is 263 Å². The normalized spacial score (nSPS) is 25.0. The first-order valence-electron chi connectivity index (χ1n) is 41.4. The van der Waals surface area contributed by atoms with Crippen molar-refractivity contribution in [3.63, 3.8) is 0 Å². The van der Waals surface area contributed by atoms with Crippen LogP contribution in [0.3, 0.4) is 0 Å². The van der Waals surface area contributed by atoms with E-state index in [2.05, 4.69) is 215 Å². The lowest BCUT2D eigenvalue weighted by molar-refractivity contribution is -0.0788. The van der Waals surface area contributed by atoms with Gasteiger partial charge >= 0.3 is 5.97 Å². The summed E-state index contributed by atoms with van der Waals surface area (Å²) in [6.45, 7) is 35.1. The largest absolute Gasteiger partial charge is 0.497 e. The van der Waals surface area contributed by atoms with Crippen LogP contribution in [0.5, 0.6) is 11.5 Å². The Morgan fingerprint density at radius 1 is 0.468 bits per heavy atom. The number of esters is 1. The van der Waals surface area contributed by atoms with Crippen molar-refractivity contribution in [2.45, 2.75) is 255 Å². The Kier molecular flexibility index (Phi) is 31.7. The molecule has 0 radical (unpaired) electrons. The highest BCUT2D eigenvalue weighted by atomic mass is 28.4. The SMILES string of the molecule is C=C1C(C[C@@H]2O[C@H](C[C@@H](CC)OC(=O)c3ccccc3)[C@H](OC)[C@H]2CC)O[C@@H](CCCOC(c2ccccc2)(c2ccccc2)c2ccc(OC)cc2)C[C@H]1C.C=C1C(C[C@@H]2O[C@H](C[C@@H](CC)O[Si](C)(C)C(C)(C)C)[C@H](OC)[C@H]2CC)O[C@@H](CCCOC(c2ccccc2)(c2ccccc2)c2ccc(OC)cc2)C[C@H]1C. The predicted molar refractivity (Wildman–Crippen MR) is 448 cm³/mol. The van der Waals surface area contributed by atoms with E-state index in [0.29, 0.717) is 55.8 Å². The second kappa shape index (κ2) is 40.8. The number of methoxy groups -OCH3 is 4. The van der Waals surface area contributed by atoms with Gasteiger partial charge in [-0.15, -0.1) is 0 Å². The van der Waals surface area contributed by atoms with Crippen LogP contribution in [0.25, 0.3) is 0 Å². The van der Waals surface area contributed by atoms with E-state index in [9.17, 15) is 4.79 Å². The van der Waals surface area contributed by atoms with Crippen molar-refractivity contribution in [2.24, 2.45) is 23.7 Å². The highest BCUT2D eigenvalue weighted by Crippen LogP contribution is 2.48. The summed E-state index contributed by atoms with van der Waals surface area (Å²) < 4.78 is 78.1. The molecule has 4 saturated heterocycles. The van der Waals surface area contributed by atoms with Gasteiger partial charge in [-0.05, 0) is 175 Å². The van der Waals surface area contributed by atoms with Crippen LogP contribution in [-0.4, -0.2) is 129 Å². The van der Waals surface area contributed by atoms with Crippen LogP contribution < -0.4 is 9.47 Å². The quantitative estimate of drug-likeness (QED) is 0.0122. The Morgan fingerprint density at radius 2 is 0.811 bits per heavy atom. The molecule has 7 aromatic rings. The molecule has 4 aliphatic rings. The Bertz CT molecular complexity index is 3830. The van der Waals surface area contributed by atoms with E-state index >= 15 is 0 Å². The van der Waals surface area contributed by atoms with Gasteiger partial charge in [0.05, 0.1) is 80.8 Å². The molecule has 13 nitrogen and oxygen atoms in total. The Hall–Kier alpha value is -7.05. The number of hydrogen-bond donors (Lipinski definition) is 0. The van der Waals surface area contributed by atoms with E-state index in [1.165, 1.54) is 5.57 Å². The molecule has 2 unspecified atom stereocenters. The number of ether oxygens (including phenoxy) is 11. The van der Waals surface area contributed by atoms with Crippen molar-refractivity contribution < 1.29 is 61.3 Å². The van der Waals surface area contributed by atoms with Gasteiger partial charge in [0.1, 0.15) is 28.8 Å². The molecular formula is C97H130O13Si. The fourth-order valence-corrected chi connectivity index (χ4v) is 18.8. The van der Waals surface area contributed by atoms with Gasteiger partial charge in [0.25, 0.3) is 0 Å². The van der Waals surface area contributed by atoms with Gasteiger partial charge in [-0.2, -0.15) is 0 Å². The second-order valence-corrected chi connectivity index (χ2v) is 37.6. The zero-order chi connectivity index (χ0) is 79.3. The van der Waals surface area contributed by atoms with Crippen molar-refractivity contribution in [3.8, 4) is 11.5 Å². The van der Waals surface area contributed by atoms with Crippen LogP contribution >= 0.6 is 0 Å². The molecule has 14 heteroatoms. The zero-order valence-corrected chi connectivity index (χ0v) is 70.3. The molecule has 4 heterocycles. The molecular weight excluding hydrogens is 1400 g/mol. The van der Waals surface area contributed by atoms with E-state index in [1.807, 2.05) is 68.6 Å². The summed E-state index contributed by atoms with van der Waals surface area (Å²) in [6, 6.07) is 67.7. The second-order valence-electron chi connectivity index (χ2n) is 32.8. The van der Waals surface area contributed by atoms with E-state index in [-0.39, 0.29) is 90.2 Å². The van der Waals surface area contributed by atoms with Crippen LogP contribution in [0.2, 0.25) is 18.1 Å². The average molecular weight is 1530 g/mol. The molecule has 0 amide bonds. The monoisotopic (exact) mass is 1530 g/mol. The van der Waals surface area contributed by atoms with Crippen LogP contribution in [0.1, 0.15) is 196 Å². The van der Waals surface area contributed by atoms with Crippen LogP contribution in [0.4, 0.5) is 0 Å². The third-order valence-corrected chi connectivity index (χ3v) is 29.3. The van der Waals surface area contributed by atoms with Gasteiger partial charge in [0.15, 0.2) is 8.32 Å². The number of hydrogen-bond acceptors (Lipinski definition) is 13. The Labute approximate surface area is 666 Å². The molecule has 7 aromatic carbocycles. The van der Waals surface area contributed by atoms with E-state index in [0.717, 1.165) is 121 Å². The van der Waals surface area contributed by atoms with E-state index < -0.39 is 19.5 Å². The third kappa shape index (κ3) is 21.1. The van der Waals surface area contributed by atoms with Crippen LogP contribution in [0, 0.1) is 23.7 Å². The lowest BCUT2D eigenvalue weighted by atomic mass is 9.80. The van der Waals surface area contributed by atoms with Gasteiger partial charge in [0, 0.05) is 71.1 Å². The van der Waals surface area contributed by atoms with E-state index in [4.69, 9.17) is 56.5 Å². The van der Waals surface area contributed by atoms with Crippen molar-refractivity contribution in [1.29, 1.82) is 0 Å². The fourth-order valence-electron chi connectivity index (χ4n) is 17.4. The minimum atomic E-state index is -1.92. The maximum absolute atomic E-state index is 12.9. The average Bonchev–Trinajstić information content (AvgIpc) is 1.50. The molecule has 0 N–H and O–H groups in total. The molecule has 0 saturated carbocycles. The van der Waals surface area contributed by atoms with Gasteiger partial charge < -0.3 is 56.5 Å². The summed E-state index contributed by atoms with van der Waals surface area (Å²) in [6.07, 6.45) is 11.5. The lowest BCUT2D eigenvalue weighted by Crippen LogP contribution is -2.45. The molecule has 16 atom stereocenters. The maximum atomic E-state index is 12.9. The van der Waals surface area contributed by atoms with Crippen molar-refractivity contribution >= 4 is 14.3 Å². The van der Waals surface area contributed by atoms with Gasteiger partial charge in [0.2, 0.25) is 0 Å². The first-order chi connectivity index (χ1) is 53.6. The first kappa shape index (κ1) is 86.4. The fraction of sp³-hybridized carbons (Fsp3) is 0.515. The first-order valence-corrected chi connectivity index (χ1v) is 44.3. The number of rotatable bonds is 36. The zero-order valence-electron chi connectivity index (χ0n) is 69.3. The molecule has 600 valence electrons. The number of carbonyl (C=O) groups excluding carboxylic acids is 1. The lowest BCUT2D eigenvalue weighted by Gasteiger charge is -2.40. The summed E-state index contributed by atoms with van der Waals surface area (Å²) in [7, 11) is 5.08. The topological polar surface area (TPSA) is 128 Å². The minimum absolute atomic E-state index is 0.00269. The van der Waals surface area contributed by atoms with E-state index in [1.54, 1.807) is 33.5 Å².